The SMILES string of the molecule is CC(C)c1nc(CN=C(N)NCC2CCC2)cs1.I. The molecular formula is C13H23IN4S. The van der Waals surface area contributed by atoms with Crippen molar-refractivity contribution in [1.29, 1.82) is 0 Å². The van der Waals surface area contributed by atoms with E-state index in [2.05, 4.69) is 34.5 Å². The van der Waals surface area contributed by atoms with Crippen molar-refractivity contribution >= 4 is 41.3 Å². The topological polar surface area (TPSA) is 63.3 Å². The zero-order chi connectivity index (χ0) is 13.0. The van der Waals surface area contributed by atoms with Gasteiger partial charge in [-0.1, -0.05) is 20.3 Å². The lowest BCUT2D eigenvalue weighted by Gasteiger charge is -2.25. The Morgan fingerprint density at radius 1 is 1.58 bits per heavy atom. The molecule has 0 radical (unpaired) electrons. The third-order valence-corrected chi connectivity index (χ3v) is 4.47. The second-order valence-corrected chi connectivity index (χ2v) is 6.10. The molecule has 0 aromatic carbocycles. The molecule has 6 heteroatoms. The second-order valence-electron chi connectivity index (χ2n) is 5.21. The molecule has 1 aliphatic carbocycles. The highest BCUT2D eigenvalue weighted by molar-refractivity contribution is 14.0. The van der Waals surface area contributed by atoms with E-state index in [-0.39, 0.29) is 24.0 Å². The molecule has 1 aromatic heterocycles. The van der Waals surface area contributed by atoms with Gasteiger partial charge in [-0.25, -0.2) is 9.98 Å². The zero-order valence-electron chi connectivity index (χ0n) is 11.6. The van der Waals surface area contributed by atoms with Crippen molar-refractivity contribution < 1.29 is 0 Å². The predicted octanol–water partition coefficient (Wildman–Crippen LogP) is 3.09. The molecule has 0 aliphatic heterocycles. The van der Waals surface area contributed by atoms with Gasteiger partial charge in [0.15, 0.2) is 5.96 Å². The molecule has 0 bridgehead atoms. The number of hydrogen-bond donors (Lipinski definition) is 2. The van der Waals surface area contributed by atoms with Crippen LogP contribution in [0, 0.1) is 5.92 Å². The number of rotatable bonds is 5. The summed E-state index contributed by atoms with van der Waals surface area (Å²) in [6.45, 7) is 5.84. The molecule has 1 saturated carbocycles. The molecule has 1 fully saturated rings. The summed E-state index contributed by atoms with van der Waals surface area (Å²) in [4.78, 5) is 8.86. The molecule has 1 aromatic rings. The van der Waals surface area contributed by atoms with Crippen LogP contribution in [-0.2, 0) is 6.54 Å². The molecule has 4 nitrogen and oxygen atoms in total. The molecule has 1 aliphatic rings. The molecule has 2 rings (SSSR count). The average molecular weight is 394 g/mol. The molecule has 3 N–H and O–H groups in total. The first-order chi connectivity index (χ1) is 8.65. The predicted molar refractivity (Wildman–Crippen MR) is 92.3 cm³/mol. The van der Waals surface area contributed by atoms with Crippen LogP contribution in [-0.4, -0.2) is 17.5 Å². The van der Waals surface area contributed by atoms with Gasteiger partial charge < -0.3 is 11.1 Å². The zero-order valence-corrected chi connectivity index (χ0v) is 14.7. The van der Waals surface area contributed by atoms with Crippen LogP contribution in [0.3, 0.4) is 0 Å². The van der Waals surface area contributed by atoms with Gasteiger partial charge in [-0.05, 0) is 18.8 Å². The quantitative estimate of drug-likeness (QED) is 0.458. The number of nitrogens with two attached hydrogens (primary N) is 1. The summed E-state index contributed by atoms with van der Waals surface area (Å²) < 4.78 is 0. The summed E-state index contributed by atoms with van der Waals surface area (Å²) in [6, 6.07) is 0. The van der Waals surface area contributed by atoms with Crippen molar-refractivity contribution in [3.8, 4) is 0 Å². The van der Waals surface area contributed by atoms with Crippen molar-refractivity contribution in [3.05, 3.63) is 16.1 Å². The molecule has 0 spiro atoms. The molecule has 19 heavy (non-hydrogen) atoms. The second kappa shape index (κ2) is 8.04. The largest absolute Gasteiger partial charge is 0.370 e. The van der Waals surface area contributed by atoms with E-state index in [9.17, 15) is 0 Å². The van der Waals surface area contributed by atoms with Gasteiger partial charge in [0.05, 0.1) is 17.2 Å². The Bertz CT molecular complexity index is 413. The van der Waals surface area contributed by atoms with Crippen LogP contribution in [0.25, 0.3) is 0 Å². The van der Waals surface area contributed by atoms with Gasteiger partial charge in [0.2, 0.25) is 0 Å². The minimum atomic E-state index is 0. The van der Waals surface area contributed by atoms with Gasteiger partial charge in [0.25, 0.3) is 0 Å². The van der Waals surface area contributed by atoms with E-state index < -0.39 is 0 Å². The summed E-state index contributed by atoms with van der Waals surface area (Å²) in [7, 11) is 0. The van der Waals surface area contributed by atoms with E-state index >= 15 is 0 Å². The maximum atomic E-state index is 5.83. The molecule has 108 valence electrons. The normalized spacial score (nSPS) is 16.1. The van der Waals surface area contributed by atoms with Crippen LogP contribution >= 0.6 is 35.3 Å². The number of guanidine groups is 1. The number of halogens is 1. The number of aromatic nitrogens is 1. The molecular weight excluding hydrogens is 371 g/mol. The molecule has 0 amide bonds. The van der Waals surface area contributed by atoms with Crippen molar-refractivity contribution in [3.63, 3.8) is 0 Å². The first-order valence-corrected chi connectivity index (χ1v) is 7.51. The number of nitrogens with one attached hydrogen (secondary N) is 1. The van der Waals surface area contributed by atoms with E-state index in [1.807, 2.05) is 0 Å². The van der Waals surface area contributed by atoms with Gasteiger partial charge in [-0.15, -0.1) is 35.3 Å². The molecule has 0 saturated heterocycles. The Balaban J connectivity index is 0.00000180. The lowest BCUT2D eigenvalue weighted by Crippen LogP contribution is -2.37. The fourth-order valence-electron chi connectivity index (χ4n) is 1.83. The van der Waals surface area contributed by atoms with Crippen LogP contribution in [0.1, 0.15) is 49.7 Å². The summed E-state index contributed by atoms with van der Waals surface area (Å²) in [5.74, 6) is 1.83. The van der Waals surface area contributed by atoms with Gasteiger partial charge in [-0.3, -0.25) is 0 Å². The Morgan fingerprint density at radius 2 is 2.32 bits per heavy atom. The third kappa shape index (κ3) is 5.25. The first-order valence-electron chi connectivity index (χ1n) is 6.63. The summed E-state index contributed by atoms with van der Waals surface area (Å²) in [6.07, 6.45) is 4.01. The van der Waals surface area contributed by atoms with Gasteiger partial charge in [0.1, 0.15) is 0 Å². The smallest absolute Gasteiger partial charge is 0.188 e. The summed E-state index contributed by atoms with van der Waals surface area (Å²) in [5, 5.41) is 6.42. The highest BCUT2D eigenvalue weighted by atomic mass is 127. The highest BCUT2D eigenvalue weighted by Crippen LogP contribution is 2.25. The maximum Gasteiger partial charge on any atom is 0.188 e. The van der Waals surface area contributed by atoms with Crippen LogP contribution in [0.15, 0.2) is 10.4 Å². The molecule has 1 heterocycles. The first kappa shape index (κ1) is 16.7. The van der Waals surface area contributed by atoms with E-state index in [0.29, 0.717) is 18.4 Å². The van der Waals surface area contributed by atoms with Crippen molar-refractivity contribution in [2.75, 3.05) is 6.54 Å². The third-order valence-electron chi connectivity index (χ3n) is 3.27. The Labute approximate surface area is 136 Å². The van der Waals surface area contributed by atoms with Crippen LogP contribution in [0.2, 0.25) is 0 Å². The molecule has 0 unspecified atom stereocenters. The maximum absolute atomic E-state index is 5.83. The van der Waals surface area contributed by atoms with Gasteiger partial charge >= 0.3 is 0 Å². The number of nitrogens with zero attached hydrogens (tertiary/aromatic N) is 2. The Kier molecular flexibility index (Phi) is 7.06. The van der Waals surface area contributed by atoms with Crippen LogP contribution in [0.5, 0.6) is 0 Å². The summed E-state index contributed by atoms with van der Waals surface area (Å²) in [5.41, 5.74) is 6.84. The van der Waals surface area contributed by atoms with Crippen molar-refractivity contribution in [2.45, 2.75) is 45.6 Å². The van der Waals surface area contributed by atoms with Gasteiger partial charge in [-0.2, -0.15) is 0 Å². The van der Waals surface area contributed by atoms with Crippen molar-refractivity contribution in [2.24, 2.45) is 16.6 Å². The summed E-state index contributed by atoms with van der Waals surface area (Å²) >= 11 is 1.70. The lowest BCUT2D eigenvalue weighted by molar-refractivity contribution is 0.315. The van der Waals surface area contributed by atoms with E-state index in [4.69, 9.17) is 5.73 Å². The van der Waals surface area contributed by atoms with E-state index in [0.717, 1.165) is 18.2 Å². The van der Waals surface area contributed by atoms with E-state index in [1.54, 1.807) is 11.3 Å². The average Bonchev–Trinajstić information content (AvgIpc) is 2.73. The Hall–Kier alpha value is -0.370. The monoisotopic (exact) mass is 394 g/mol. The number of hydrogen-bond acceptors (Lipinski definition) is 3. The minimum Gasteiger partial charge on any atom is -0.370 e. The fourth-order valence-corrected chi connectivity index (χ4v) is 2.65. The Morgan fingerprint density at radius 3 is 2.84 bits per heavy atom. The van der Waals surface area contributed by atoms with Gasteiger partial charge in [0, 0.05) is 17.8 Å². The fraction of sp³-hybridized carbons (Fsp3) is 0.692. The lowest BCUT2D eigenvalue weighted by atomic mass is 9.85. The van der Waals surface area contributed by atoms with Crippen LogP contribution in [0.4, 0.5) is 0 Å². The minimum absolute atomic E-state index is 0. The number of thiazole rings is 1. The standard InChI is InChI=1S/C13H22N4S.HI/c1-9(2)12-17-11(8-18-12)7-16-13(14)15-6-10-4-3-5-10;/h8-10H,3-7H2,1-2H3,(H3,14,15,16);1H. The van der Waals surface area contributed by atoms with E-state index in [1.165, 1.54) is 24.3 Å². The number of aliphatic imine (C=N–C) groups is 1. The van der Waals surface area contributed by atoms with Crippen molar-refractivity contribution in [1.82, 2.24) is 10.3 Å². The molecule has 0 atom stereocenters. The highest BCUT2D eigenvalue weighted by Gasteiger charge is 2.16. The van der Waals surface area contributed by atoms with Crippen LogP contribution < -0.4 is 11.1 Å².